The van der Waals surface area contributed by atoms with Crippen LogP contribution in [0.1, 0.15) is 47.0 Å². The summed E-state index contributed by atoms with van der Waals surface area (Å²) in [6, 6.07) is 29.8. The average Bonchev–Trinajstić information content (AvgIpc) is 3.17. The maximum absolute atomic E-state index is 11.8. The Bertz CT molecular complexity index is 1880. The summed E-state index contributed by atoms with van der Waals surface area (Å²) in [6.07, 6.45) is 4.47. The van der Waals surface area contributed by atoms with Crippen LogP contribution in [0.25, 0.3) is 0 Å². The van der Waals surface area contributed by atoms with Gasteiger partial charge in [0.2, 0.25) is 0 Å². The molecule has 0 aromatic heterocycles. The standard InChI is InChI=1S/C37H30O11P2S/c1-42-36-20-31(51-2)19-30(25-43-49(44-32-15-7-3-11-26(32)21-38)45-33-16-8-4-12-27(33)22-39)37(36)48-50(46-34-17-9-5-13-28(34)23-40)47-35-18-10-6-14-29(35)24-41/h3-24H,25H2,1-2H3. The molecule has 0 radical (unpaired) electrons. The van der Waals surface area contributed by atoms with Crippen molar-refractivity contribution in [2.45, 2.75) is 11.5 Å². The maximum atomic E-state index is 11.8. The van der Waals surface area contributed by atoms with Gasteiger partial charge in [0.25, 0.3) is 0 Å². The number of ether oxygens (including phenoxy) is 1. The smallest absolute Gasteiger partial charge is 0.493 e. The summed E-state index contributed by atoms with van der Waals surface area (Å²) in [6.45, 7) is -0.183. The maximum Gasteiger partial charge on any atom is 0.530 e. The van der Waals surface area contributed by atoms with Crippen LogP contribution in [0, 0.1) is 0 Å². The van der Waals surface area contributed by atoms with Crippen molar-refractivity contribution in [2.24, 2.45) is 0 Å². The lowest BCUT2D eigenvalue weighted by Crippen LogP contribution is -2.08. The fraction of sp³-hybridized carbons (Fsp3) is 0.0811. The molecule has 0 aliphatic rings. The van der Waals surface area contributed by atoms with E-state index in [9.17, 15) is 19.2 Å². The predicted molar refractivity (Wildman–Crippen MR) is 194 cm³/mol. The molecule has 0 aliphatic carbocycles. The quantitative estimate of drug-likeness (QED) is 0.0453. The van der Waals surface area contributed by atoms with Gasteiger partial charge in [-0.15, -0.1) is 11.8 Å². The van der Waals surface area contributed by atoms with Crippen molar-refractivity contribution < 1.29 is 51.1 Å². The second kappa shape index (κ2) is 18.7. The summed E-state index contributed by atoms with van der Waals surface area (Å²) in [4.78, 5) is 48.0. The predicted octanol–water partition coefficient (Wildman–Crippen LogP) is 9.33. The molecule has 11 nitrogen and oxygen atoms in total. The number of hydrogen-bond acceptors (Lipinski definition) is 12. The molecule has 0 aliphatic heterocycles. The minimum absolute atomic E-state index is 0.171. The van der Waals surface area contributed by atoms with Crippen molar-refractivity contribution in [3.8, 4) is 34.5 Å². The largest absolute Gasteiger partial charge is 0.530 e. The Morgan fingerprint density at radius 3 is 1.29 bits per heavy atom. The second-order valence-corrected chi connectivity index (χ2v) is 13.1. The monoisotopic (exact) mass is 744 g/mol. The van der Waals surface area contributed by atoms with Gasteiger partial charge in [0.1, 0.15) is 23.0 Å². The molecule has 5 aromatic carbocycles. The Kier molecular flexibility index (Phi) is 13.5. The van der Waals surface area contributed by atoms with Crippen molar-refractivity contribution in [3.63, 3.8) is 0 Å². The molecular weight excluding hydrogens is 714 g/mol. The molecular formula is C37H30O11P2S. The molecule has 260 valence electrons. The Morgan fingerprint density at radius 2 is 0.922 bits per heavy atom. The van der Waals surface area contributed by atoms with Gasteiger partial charge in [-0.1, -0.05) is 48.5 Å². The molecule has 0 atom stereocenters. The highest BCUT2D eigenvalue weighted by molar-refractivity contribution is 7.98. The van der Waals surface area contributed by atoms with Crippen LogP contribution in [0.4, 0.5) is 0 Å². The molecule has 51 heavy (non-hydrogen) atoms. The fourth-order valence-electron chi connectivity index (χ4n) is 4.40. The van der Waals surface area contributed by atoms with E-state index in [2.05, 4.69) is 0 Å². The first-order chi connectivity index (χ1) is 25.0. The van der Waals surface area contributed by atoms with Gasteiger partial charge in [0, 0.05) is 10.5 Å². The summed E-state index contributed by atoms with van der Waals surface area (Å²) in [5.74, 6) is 1.27. The van der Waals surface area contributed by atoms with Crippen LogP contribution in [0.2, 0.25) is 0 Å². The fourth-order valence-corrected chi connectivity index (χ4v) is 7.05. The highest BCUT2D eigenvalue weighted by atomic mass is 32.2. The molecule has 0 saturated heterocycles. The van der Waals surface area contributed by atoms with Crippen LogP contribution in [0.5, 0.6) is 34.5 Å². The molecule has 0 heterocycles. The van der Waals surface area contributed by atoms with E-state index >= 15 is 0 Å². The number of para-hydroxylation sites is 4. The van der Waals surface area contributed by atoms with Gasteiger partial charge in [-0.25, -0.2) is 0 Å². The van der Waals surface area contributed by atoms with Gasteiger partial charge in [-0.05, 0) is 66.9 Å². The van der Waals surface area contributed by atoms with Gasteiger partial charge in [-0.2, -0.15) is 0 Å². The van der Waals surface area contributed by atoms with Crippen LogP contribution in [-0.2, 0) is 11.1 Å². The summed E-state index contributed by atoms with van der Waals surface area (Å²) in [5, 5.41) is 0. The van der Waals surface area contributed by atoms with Gasteiger partial charge in [0.15, 0.2) is 36.6 Å². The van der Waals surface area contributed by atoms with E-state index in [1.807, 2.05) is 6.26 Å². The summed E-state index contributed by atoms with van der Waals surface area (Å²) in [5.41, 5.74) is 1.49. The second-order valence-electron chi connectivity index (χ2n) is 10.1. The zero-order valence-electron chi connectivity index (χ0n) is 27.2. The third-order valence-electron chi connectivity index (χ3n) is 6.93. The van der Waals surface area contributed by atoms with Crippen molar-refractivity contribution in [1.82, 2.24) is 0 Å². The van der Waals surface area contributed by atoms with Gasteiger partial charge >= 0.3 is 17.2 Å². The van der Waals surface area contributed by atoms with E-state index in [1.165, 1.54) is 18.9 Å². The number of benzene rings is 5. The van der Waals surface area contributed by atoms with Gasteiger partial charge < -0.3 is 27.4 Å². The van der Waals surface area contributed by atoms with Crippen LogP contribution in [-0.4, -0.2) is 38.5 Å². The Morgan fingerprint density at radius 1 is 0.529 bits per heavy atom. The molecule has 0 N–H and O–H groups in total. The normalized spacial score (nSPS) is 10.7. The summed E-state index contributed by atoms with van der Waals surface area (Å²) >= 11 is 1.44. The van der Waals surface area contributed by atoms with E-state index in [0.29, 0.717) is 36.5 Å². The average molecular weight is 745 g/mol. The number of thioether (sulfide) groups is 1. The van der Waals surface area contributed by atoms with Crippen molar-refractivity contribution in [2.75, 3.05) is 13.4 Å². The third-order valence-corrected chi connectivity index (χ3v) is 9.69. The minimum atomic E-state index is -2.40. The summed E-state index contributed by atoms with van der Waals surface area (Å²) < 4.78 is 42.9. The SMILES string of the molecule is COc1cc(SC)cc(COP(Oc2ccccc2C=O)Oc2ccccc2C=O)c1OP(Oc1ccccc1C=O)Oc1ccccc1C=O. The number of carbonyl (C=O) groups is 4. The number of aldehydes is 4. The topological polar surface area (TPSA) is 133 Å². The van der Waals surface area contributed by atoms with Crippen molar-refractivity contribution in [3.05, 3.63) is 137 Å². The molecule has 0 spiro atoms. The van der Waals surface area contributed by atoms with E-state index in [4.69, 9.17) is 31.9 Å². The van der Waals surface area contributed by atoms with Gasteiger partial charge in [-0.3, -0.25) is 23.7 Å². The lowest BCUT2D eigenvalue weighted by atomic mass is 10.2. The molecule has 14 heteroatoms. The molecule has 5 rings (SSSR count). The lowest BCUT2D eigenvalue weighted by Gasteiger charge is -2.23. The highest BCUT2D eigenvalue weighted by Gasteiger charge is 2.28. The highest BCUT2D eigenvalue weighted by Crippen LogP contribution is 2.50. The Balaban J connectivity index is 1.52. The van der Waals surface area contributed by atoms with E-state index in [-0.39, 0.29) is 57.6 Å². The Hall–Kier alpha value is -5.25. The van der Waals surface area contributed by atoms with Crippen LogP contribution in [0.3, 0.4) is 0 Å². The number of methoxy groups -OCH3 is 1. The number of carbonyl (C=O) groups excluding carboxylic acids is 4. The van der Waals surface area contributed by atoms with Crippen LogP contribution < -0.4 is 27.4 Å². The van der Waals surface area contributed by atoms with E-state index < -0.39 is 17.2 Å². The Labute approximate surface area is 300 Å². The van der Waals surface area contributed by atoms with Crippen LogP contribution >= 0.6 is 29.0 Å². The number of hydrogen-bond donors (Lipinski definition) is 0. The molecule has 0 saturated carbocycles. The lowest BCUT2D eigenvalue weighted by molar-refractivity contribution is 0.111. The molecule has 0 bridgehead atoms. The number of rotatable bonds is 19. The van der Waals surface area contributed by atoms with Crippen molar-refractivity contribution >= 4 is 54.1 Å². The van der Waals surface area contributed by atoms with Crippen LogP contribution in [0.15, 0.2) is 114 Å². The van der Waals surface area contributed by atoms with Crippen molar-refractivity contribution in [1.29, 1.82) is 0 Å². The molecule has 5 aromatic rings. The summed E-state index contributed by atoms with van der Waals surface area (Å²) in [7, 11) is -3.22. The first-order valence-electron chi connectivity index (χ1n) is 15.0. The molecule has 0 amide bonds. The van der Waals surface area contributed by atoms with E-state index in [0.717, 1.165) is 4.90 Å². The zero-order valence-corrected chi connectivity index (χ0v) is 29.8. The van der Waals surface area contributed by atoms with Gasteiger partial charge in [0.05, 0.1) is 36.0 Å². The molecule has 0 unspecified atom stereocenters. The van der Waals surface area contributed by atoms with E-state index in [1.54, 1.807) is 109 Å². The zero-order chi connectivity index (χ0) is 36.0. The minimum Gasteiger partial charge on any atom is -0.493 e. The first kappa shape index (κ1) is 37.0. The molecule has 0 fully saturated rings. The third kappa shape index (κ3) is 9.72. The first-order valence-corrected chi connectivity index (χ1v) is 18.5.